The lowest BCUT2D eigenvalue weighted by Crippen LogP contribution is -2.17. The molecule has 0 aliphatic heterocycles. The summed E-state index contributed by atoms with van der Waals surface area (Å²) in [4.78, 5) is 13.2. The minimum atomic E-state index is 0.277. The summed E-state index contributed by atoms with van der Waals surface area (Å²) >= 11 is 6.07. The SMILES string of the molecule is Clc1nc(NC2CCCC2)c2c(ncn2C2CCCC2)n1. The fourth-order valence-electron chi connectivity index (χ4n) is 3.74. The second-order valence-corrected chi connectivity index (χ2v) is 6.57. The summed E-state index contributed by atoms with van der Waals surface area (Å²) in [6, 6.07) is 1.04. The number of aromatic nitrogens is 4. The maximum atomic E-state index is 6.07. The molecule has 0 spiro atoms. The van der Waals surface area contributed by atoms with Crippen LogP contribution < -0.4 is 5.32 Å². The summed E-state index contributed by atoms with van der Waals surface area (Å²) in [5, 5.41) is 3.86. The van der Waals surface area contributed by atoms with E-state index >= 15 is 0 Å². The second-order valence-electron chi connectivity index (χ2n) is 6.23. The minimum absolute atomic E-state index is 0.277. The zero-order valence-electron chi connectivity index (χ0n) is 12.1. The lowest BCUT2D eigenvalue weighted by Gasteiger charge is -2.17. The molecule has 0 unspecified atom stereocenters. The van der Waals surface area contributed by atoms with Crippen LogP contribution in [0.25, 0.3) is 11.2 Å². The Hall–Kier alpha value is -1.36. The van der Waals surface area contributed by atoms with Gasteiger partial charge >= 0.3 is 0 Å². The molecule has 112 valence electrons. The Labute approximate surface area is 129 Å². The van der Waals surface area contributed by atoms with Gasteiger partial charge in [-0.15, -0.1) is 0 Å². The number of imidazole rings is 1. The molecule has 5 nitrogen and oxygen atoms in total. The van der Waals surface area contributed by atoms with Crippen molar-refractivity contribution in [2.24, 2.45) is 0 Å². The average molecular weight is 306 g/mol. The summed E-state index contributed by atoms with van der Waals surface area (Å²) in [7, 11) is 0. The van der Waals surface area contributed by atoms with E-state index in [-0.39, 0.29) is 5.28 Å². The minimum Gasteiger partial charge on any atom is -0.365 e. The number of hydrogen-bond acceptors (Lipinski definition) is 4. The summed E-state index contributed by atoms with van der Waals surface area (Å²) < 4.78 is 2.26. The highest BCUT2D eigenvalue weighted by molar-refractivity contribution is 6.28. The average Bonchev–Trinajstić information content (AvgIpc) is 3.18. The van der Waals surface area contributed by atoms with E-state index in [0.29, 0.717) is 17.7 Å². The lowest BCUT2D eigenvalue weighted by molar-refractivity contribution is 0.532. The van der Waals surface area contributed by atoms with Gasteiger partial charge in [-0.3, -0.25) is 0 Å². The molecular formula is C15H20ClN5. The van der Waals surface area contributed by atoms with Gasteiger partial charge in [0.1, 0.15) is 5.52 Å². The molecule has 2 saturated carbocycles. The van der Waals surface area contributed by atoms with Crippen molar-refractivity contribution in [3.63, 3.8) is 0 Å². The maximum Gasteiger partial charge on any atom is 0.226 e. The molecule has 4 rings (SSSR count). The predicted molar refractivity (Wildman–Crippen MR) is 83.7 cm³/mol. The van der Waals surface area contributed by atoms with Crippen LogP contribution in [-0.2, 0) is 0 Å². The van der Waals surface area contributed by atoms with Crippen molar-refractivity contribution in [2.75, 3.05) is 5.32 Å². The van der Waals surface area contributed by atoms with Crippen molar-refractivity contribution in [1.82, 2.24) is 19.5 Å². The molecule has 0 atom stereocenters. The normalized spacial score (nSPS) is 20.6. The zero-order valence-corrected chi connectivity index (χ0v) is 12.8. The van der Waals surface area contributed by atoms with Gasteiger partial charge < -0.3 is 9.88 Å². The molecule has 0 amide bonds. The molecule has 2 aliphatic carbocycles. The van der Waals surface area contributed by atoms with Gasteiger partial charge in [-0.1, -0.05) is 25.7 Å². The van der Waals surface area contributed by atoms with Crippen molar-refractivity contribution in [3.8, 4) is 0 Å². The quantitative estimate of drug-likeness (QED) is 0.872. The van der Waals surface area contributed by atoms with Crippen molar-refractivity contribution in [1.29, 1.82) is 0 Å². The Bertz CT molecular complexity index is 641. The van der Waals surface area contributed by atoms with E-state index in [1.54, 1.807) is 0 Å². The van der Waals surface area contributed by atoms with Crippen LogP contribution in [0.2, 0.25) is 5.28 Å². The van der Waals surface area contributed by atoms with Gasteiger partial charge in [-0.2, -0.15) is 9.97 Å². The van der Waals surface area contributed by atoms with E-state index in [0.717, 1.165) is 11.3 Å². The third kappa shape index (κ3) is 2.48. The van der Waals surface area contributed by atoms with E-state index in [1.807, 2.05) is 6.33 Å². The van der Waals surface area contributed by atoms with Crippen LogP contribution in [0.1, 0.15) is 57.4 Å². The number of rotatable bonds is 3. The molecule has 21 heavy (non-hydrogen) atoms. The molecular weight excluding hydrogens is 286 g/mol. The first-order valence-electron chi connectivity index (χ1n) is 7.98. The highest BCUT2D eigenvalue weighted by atomic mass is 35.5. The predicted octanol–water partition coefficient (Wildman–Crippen LogP) is 3.95. The third-order valence-electron chi connectivity index (χ3n) is 4.82. The Morgan fingerprint density at radius 1 is 1.05 bits per heavy atom. The monoisotopic (exact) mass is 305 g/mol. The molecule has 6 heteroatoms. The number of halogens is 1. The van der Waals surface area contributed by atoms with Gasteiger partial charge in [0, 0.05) is 12.1 Å². The first-order valence-corrected chi connectivity index (χ1v) is 8.35. The number of hydrogen-bond donors (Lipinski definition) is 1. The largest absolute Gasteiger partial charge is 0.365 e. The van der Waals surface area contributed by atoms with Gasteiger partial charge in [0.05, 0.1) is 6.33 Å². The van der Waals surface area contributed by atoms with Gasteiger partial charge in [-0.25, -0.2) is 4.98 Å². The van der Waals surface area contributed by atoms with Crippen molar-refractivity contribution in [2.45, 2.75) is 63.5 Å². The van der Waals surface area contributed by atoms with Gasteiger partial charge in [-0.05, 0) is 37.3 Å². The number of nitrogens with zero attached hydrogens (tertiary/aromatic N) is 4. The van der Waals surface area contributed by atoms with E-state index < -0.39 is 0 Å². The van der Waals surface area contributed by atoms with Crippen LogP contribution in [0.4, 0.5) is 5.82 Å². The molecule has 1 N–H and O–H groups in total. The van der Waals surface area contributed by atoms with Crippen LogP contribution in [-0.4, -0.2) is 25.6 Å². The number of anilines is 1. The van der Waals surface area contributed by atoms with E-state index in [9.17, 15) is 0 Å². The zero-order chi connectivity index (χ0) is 14.2. The molecule has 2 aromatic heterocycles. The van der Waals surface area contributed by atoms with Crippen molar-refractivity contribution >= 4 is 28.6 Å². The topological polar surface area (TPSA) is 55.6 Å². The molecule has 2 fully saturated rings. The first-order chi connectivity index (χ1) is 10.3. The van der Waals surface area contributed by atoms with Crippen LogP contribution in [0.5, 0.6) is 0 Å². The Morgan fingerprint density at radius 3 is 2.52 bits per heavy atom. The second kappa shape index (κ2) is 5.44. The summed E-state index contributed by atoms with van der Waals surface area (Å²) in [5.74, 6) is 0.862. The standard InChI is InChI=1S/C15H20ClN5/c16-15-19-13-12(14(20-15)18-10-5-1-2-6-10)21(9-17-13)11-7-3-4-8-11/h9-11H,1-8H2,(H,18,19,20). The van der Waals surface area contributed by atoms with Gasteiger partial charge in [0.2, 0.25) is 5.28 Å². The molecule has 0 radical (unpaired) electrons. The van der Waals surface area contributed by atoms with E-state index in [4.69, 9.17) is 11.6 Å². The smallest absolute Gasteiger partial charge is 0.226 e. The summed E-state index contributed by atoms with van der Waals surface area (Å²) in [6.45, 7) is 0. The first kappa shape index (κ1) is 13.3. The van der Waals surface area contributed by atoms with Crippen LogP contribution in [0.15, 0.2) is 6.33 Å². The molecule has 2 aromatic rings. The molecule has 0 aromatic carbocycles. The Balaban J connectivity index is 1.76. The van der Waals surface area contributed by atoms with Crippen LogP contribution in [0.3, 0.4) is 0 Å². The van der Waals surface area contributed by atoms with Gasteiger partial charge in [0.15, 0.2) is 11.5 Å². The molecule has 0 saturated heterocycles. The van der Waals surface area contributed by atoms with E-state index in [2.05, 4.69) is 24.8 Å². The Morgan fingerprint density at radius 2 is 1.76 bits per heavy atom. The fourth-order valence-corrected chi connectivity index (χ4v) is 3.91. The van der Waals surface area contributed by atoms with E-state index in [1.165, 1.54) is 51.4 Å². The lowest BCUT2D eigenvalue weighted by atomic mass is 10.2. The molecule has 2 heterocycles. The Kier molecular flexibility index (Phi) is 3.45. The highest BCUT2D eigenvalue weighted by Gasteiger charge is 2.23. The number of fused-ring (bicyclic) bond motifs is 1. The molecule has 2 aliphatic rings. The fraction of sp³-hybridized carbons (Fsp3) is 0.667. The maximum absolute atomic E-state index is 6.07. The van der Waals surface area contributed by atoms with Crippen LogP contribution >= 0.6 is 11.6 Å². The van der Waals surface area contributed by atoms with Crippen molar-refractivity contribution < 1.29 is 0 Å². The third-order valence-corrected chi connectivity index (χ3v) is 4.98. The van der Waals surface area contributed by atoms with Crippen LogP contribution in [0, 0.1) is 0 Å². The summed E-state index contributed by atoms with van der Waals surface area (Å²) in [6.07, 6.45) is 11.9. The highest BCUT2D eigenvalue weighted by Crippen LogP contribution is 2.34. The summed E-state index contributed by atoms with van der Waals surface area (Å²) in [5.41, 5.74) is 1.74. The van der Waals surface area contributed by atoms with Gasteiger partial charge in [0.25, 0.3) is 0 Å². The molecule has 0 bridgehead atoms. The van der Waals surface area contributed by atoms with Crippen molar-refractivity contribution in [3.05, 3.63) is 11.6 Å². The number of nitrogens with one attached hydrogen (secondary N) is 1.